The standard InChI is InChI=1S/C13H23N3O2/c1-14-12(17)11-5-3-7-16(9-11)13(18)10-4-2-6-15-8-10/h10-11,15H,2-9H2,1H3,(H,14,17)/t10-,11?/m0/s1. The summed E-state index contributed by atoms with van der Waals surface area (Å²) in [5.74, 6) is 0.386. The van der Waals surface area contributed by atoms with Crippen LogP contribution in [0.15, 0.2) is 0 Å². The van der Waals surface area contributed by atoms with Crippen molar-refractivity contribution < 1.29 is 9.59 Å². The van der Waals surface area contributed by atoms with Crippen molar-refractivity contribution in [1.29, 1.82) is 0 Å². The van der Waals surface area contributed by atoms with Gasteiger partial charge >= 0.3 is 0 Å². The zero-order chi connectivity index (χ0) is 13.0. The molecule has 1 unspecified atom stereocenters. The Bertz CT molecular complexity index is 313. The third-order valence-electron chi connectivity index (χ3n) is 4.00. The van der Waals surface area contributed by atoms with Gasteiger partial charge in [0.15, 0.2) is 0 Å². The second-order valence-corrected chi connectivity index (χ2v) is 5.28. The molecule has 0 bridgehead atoms. The van der Waals surface area contributed by atoms with Crippen LogP contribution in [-0.4, -0.2) is 49.9 Å². The van der Waals surface area contributed by atoms with Gasteiger partial charge in [-0.1, -0.05) is 0 Å². The fraction of sp³-hybridized carbons (Fsp3) is 0.846. The molecule has 0 aromatic carbocycles. The highest BCUT2D eigenvalue weighted by Crippen LogP contribution is 2.21. The number of nitrogens with one attached hydrogen (secondary N) is 2. The minimum Gasteiger partial charge on any atom is -0.359 e. The van der Waals surface area contributed by atoms with Crippen molar-refractivity contribution in [2.24, 2.45) is 11.8 Å². The molecule has 0 spiro atoms. The fourth-order valence-corrected chi connectivity index (χ4v) is 2.92. The first-order valence-corrected chi connectivity index (χ1v) is 6.93. The molecule has 0 radical (unpaired) electrons. The first-order valence-electron chi connectivity index (χ1n) is 6.93. The summed E-state index contributed by atoms with van der Waals surface area (Å²) >= 11 is 0. The average molecular weight is 253 g/mol. The van der Waals surface area contributed by atoms with Crippen molar-refractivity contribution in [3.05, 3.63) is 0 Å². The van der Waals surface area contributed by atoms with E-state index in [9.17, 15) is 9.59 Å². The second kappa shape index (κ2) is 6.18. The Labute approximate surface area is 108 Å². The smallest absolute Gasteiger partial charge is 0.226 e. The Morgan fingerprint density at radius 1 is 1.22 bits per heavy atom. The van der Waals surface area contributed by atoms with Crippen LogP contribution in [0.4, 0.5) is 0 Å². The van der Waals surface area contributed by atoms with E-state index in [1.54, 1.807) is 7.05 Å². The highest BCUT2D eigenvalue weighted by Gasteiger charge is 2.31. The number of likely N-dealkylation sites (tertiary alicyclic amines) is 1. The Morgan fingerprint density at radius 3 is 2.67 bits per heavy atom. The Balaban J connectivity index is 1.91. The summed E-state index contributed by atoms with van der Waals surface area (Å²) in [6.07, 6.45) is 3.88. The summed E-state index contributed by atoms with van der Waals surface area (Å²) in [5, 5.41) is 5.96. The molecule has 2 fully saturated rings. The van der Waals surface area contributed by atoms with E-state index in [0.717, 1.165) is 45.3 Å². The molecular weight excluding hydrogens is 230 g/mol. The molecular formula is C13H23N3O2. The summed E-state index contributed by atoms with van der Waals surface area (Å²) in [4.78, 5) is 25.9. The van der Waals surface area contributed by atoms with Crippen LogP contribution in [0, 0.1) is 11.8 Å². The zero-order valence-corrected chi connectivity index (χ0v) is 11.1. The van der Waals surface area contributed by atoms with Gasteiger partial charge < -0.3 is 15.5 Å². The summed E-state index contributed by atoms with van der Waals surface area (Å²) in [6.45, 7) is 3.21. The lowest BCUT2D eigenvalue weighted by Gasteiger charge is -2.35. The molecule has 18 heavy (non-hydrogen) atoms. The summed E-state index contributed by atoms with van der Waals surface area (Å²) in [6, 6.07) is 0. The number of carbonyl (C=O) groups is 2. The molecule has 2 atom stereocenters. The van der Waals surface area contributed by atoms with Crippen molar-refractivity contribution in [3.63, 3.8) is 0 Å². The van der Waals surface area contributed by atoms with Crippen LogP contribution in [0.3, 0.4) is 0 Å². The molecule has 5 nitrogen and oxygen atoms in total. The summed E-state index contributed by atoms with van der Waals surface area (Å²) in [7, 11) is 1.66. The number of nitrogens with zero attached hydrogens (tertiary/aromatic N) is 1. The summed E-state index contributed by atoms with van der Waals surface area (Å²) < 4.78 is 0. The Hall–Kier alpha value is -1.10. The zero-order valence-electron chi connectivity index (χ0n) is 11.1. The number of amides is 2. The van der Waals surface area contributed by atoms with Gasteiger partial charge in [0, 0.05) is 26.7 Å². The van der Waals surface area contributed by atoms with E-state index in [1.165, 1.54) is 0 Å². The molecule has 2 heterocycles. The number of rotatable bonds is 2. The predicted octanol–water partition coefficient (Wildman–Crippen LogP) is -0.0294. The van der Waals surface area contributed by atoms with Crippen molar-refractivity contribution in [3.8, 4) is 0 Å². The lowest BCUT2D eigenvalue weighted by molar-refractivity contribution is -0.139. The van der Waals surface area contributed by atoms with E-state index in [1.807, 2.05) is 4.90 Å². The van der Waals surface area contributed by atoms with Gasteiger partial charge in [-0.2, -0.15) is 0 Å². The number of hydrogen-bond acceptors (Lipinski definition) is 3. The molecule has 2 amide bonds. The molecule has 0 aromatic rings. The van der Waals surface area contributed by atoms with Gasteiger partial charge in [-0.15, -0.1) is 0 Å². The van der Waals surface area contributed by atoms with E-state index in [2.05, 4.69) is 10.6 Å². The molecule has 102 valence electrons. The van der Waals surface area contributed by atoms with E-state index < -0.39 is 0 Å². The SMILES string of the molecule is CNC(=O)C1CCCN(C(=O)[C@H]2CCCNC2)C1. The second-order valence-electron chi connectivity index (χ2n) is 5.28. The van der Waals surface area contributed by atoms with Gasteiger partial charge in [-0.05, 0) is 32.2 Å². The third kappa shape index (κ3) is 3.02. The molecule has 2 aliphatic heterocycles. The molecule has 2 aliphatic rings. The first kappa shape index (κ1) is 13.3. The van der Waals surface area contributed by atoms with Gasteiger partial charge in [0.05, 0.1) is 11.8 Å². The molecule has 2 rings (SSSR count). The monoisotopic (exact) mass is 253 g/mol. The van der Waals surface area contributed by atoms with Gasteiger partial charge in [-0.25, -0.2) is 0 Å². The van der Waals surface area contributed by atoms with Crippen molar-refractivity contribution in [2.45, 2.75) is 25.7 Å². The van der Waals surface area contributed by atoms with Crippen LogP contribution in [0.1, 0.15) is 25.7 Å². The van der Waals surface area contributed by atoms with Crippen molar-refractivity contribution >= 4 is 11.8 Å². The van der Waals surface area contributed by atoms with Gasteiger partial charge in [0.1, 0.15) is 0 Å². The minimum absolute atomic E-state index is 0.0238. The van der Waals surface area contributed by atoms with E-state index in [0.29, 0.717) is 6.54 Å². The maximum Gasteiger partial charge on any atom is 0.226 e. The van der Waals surface area contributed by atoms with Crippen LogP contribution in [0.2, 0.25) is 0 Å². The van der Waals surface area contributed by atoms with Gasteiger partial charge in [-0.3, -0.25) is 9.59 Å². The van der Waals surface area contributed by atoms with E-state index >= 15 is 0 Å². The highest BCUT2D eigenvalue weighted by atomic mass is 16.2. The van der Waals surface area contributed by atoms with Gasteiger partial charge in [0.25, 0.3) is 0 Å². The maximum atomic E-state index is 12.4. The van der Waals surface area contributed by atoms with Crippen LogP contribution < -0.4 is 10.6 Å². The Morgan fingerprint density at radius 2 is 2.00 bits per heavy atom. The minimum atomic E-state index is -0.0238. The molecule has 0 saturated carbocycles. The van der Waals surface area contributed by atoms with Crippen LogP contribution in [0.5, 0.6) is 0 Å². The molecule has 5 heteroatoms. The lowest BCUT2D eigenvalue weighted by atomic mass is 9.93. The molecule has 2 saturated heterocycles. The average Bonchev–Trinajstić information content (AvgIpc) is 2.46. The number of hydrogen-bond donors (Lipinski definition) is 2. The largest absolute Gasteiger partial charge is 0.359 e. The van der Waals surface area contributed by atoms with Crippen LogP contribution in [-0.2, 0) is 9.59 Å². The van der Waals surface area contributed by atoms with Crippen molar-refractivity contribution in [1.82, 2.24) is 15.5 Å². The maximum absolute atomic E-state index is 12.4. The van der Waals surface area contributed by atoms with Crippen LogP contribution >= 0.6 is 0 Å². The van der Waals surface area contributed by atoms with Crippen molar-refractivity contribution in [2.75, 3.05) is 33.2 Å². The Kier molecular flexibility index (Phi) is 4.58. The summed E-state index contributed by atoms with van der Waals surface area (Å²) in [5.41, 5.74) is 0. The van der Waals surface area contributed by atoms with Gasteiger partial charge in [0.2, 0.25) is 11.8 Å². The number of piperidine rings is 2. The van der Waals surface area contributed by atoms with E-state index in [4.69, 9.17) is 0 Å². The number of carbonyl (C=O) groups excluding carboxylic acids is 2. The van der Waals surface area contributed by atoms with Crippen LogP contribution in [0.25, 0.3) is 0 Å². The fourth-order valence-electron chi connectivity index (χ4n) is 2.92. The third-order valence-corrected chi connectivity index (χ3v) is 4.00. The molecule has 0 aromatic heterocycles. The molecule has 0 aliphatic carbocycles. The predicted molar refractivity (Wildman–Crippen MR) is 69.0 cm³/mol. The highest BCUT2D eigenvalue weighted by molar-refractivity contribution is 5.82. The lowest BCUT2D eigenvalue weighted by Crippen LogP contribution is -2.49. The normalized spacial score (nSPS) is 28.8. The quantitative estimate of drug-likeness (QED) is 0.726. The first-order chi connectivity index (χ1) is 8.72. The topological polar surface area (TPSA) is 61.4 Å². The molecule has 2 N–H and O–H groups in total. The van der Waals surface area contributed by atoms with E-state index in [-0.39, 0.29) is 23.7 Å².